The van der Waals surface area contributed by atoms with Crippen LogP contribution in [-0.4, -0.2) is 33.8 Å². The lowest BCUT2D eigenvalue weighted by Crippen LogP contribution is -2.52. The Morgan fingerprint density at radius 2 is 1.88 bits per heavy atom. The Bertz CT molecular complexity index is 904. The van der Waals surface area contributed by atoms with Gasteiger partial charge in [-0.2, -0.15) is 5.10 Å². The predicted molar refractivity (Wildman–Crippen MR) is 103 cm³/mol. The van der Waals surface area contributed by atoms with E-state index < -0.39 is 0 Å². The summed E-state index contributed by atoms with van der Waals surface area (Å²) >= 11 is 6.22. The van der Waals surface area contributed by atoms with Crippen molar-refractivity contribution in [2.24, 2.45) is 5.92 Å². The van der Waals surface area contributed by atoms with Crippen molar-refractivity contribution in [3.05, 3.63) is 77.6 Å². The maximum atomic E-state index is 12.5. The Labute approximate surface area is 157 Å². The van der Waals surface area contributed by atoms with E-state index in [-0.39, 0.29) is 6.03 Å². The van der Waals surface area contributed by atoms with E-state index in [0.717, 1.165) is 41.5 Å². The number of rotatable bonds is 4. The Morgan fingerprint density at radius 1 is 1.12 bits per heavy atom. The summed E-state index contributed by atoms with van der Waals surface area (Å²) in [6.45, 7) is 1.47. The lowest BCUT2D eigenvalue weighted by molar-refractivity contribution is 0.131. The summed E-state index contributed by atoms with van der Waals surface area (Å²) in [5.41, 5.74) is 2.73. The first kappa shape index (κ1) is 16.7. The Hall–Kier alpha value is -2.79. The van der Waals surface area contributed by atoms with E-state index in [4.69, 9.17) is 11.6 Å². The van der Waals surface area contributed by atoms with Crippen LogP contribution in [0.1, 0.15) is 5.56 Å². The zero-order chi connectivity index (χ0) is 17.9. The molecule has 26 heavy (non-hydrogen) atoms. The maximum Gasteiger partial charge on any atom is 0.321 e. The molecule has 1 aromatic heterocycles. The highest BCUT2D eigenvalue weighted by Crippen LogP contribution is 2.26. The van der Waals surface area contributed by atoms with Crippen molar-refractivity contribution in [1.82, 2.24) is 14.7 Å². The predicted octanol–water partition coefficient (Wildman–Crippen LogP) is 4.23. The number of likely N-dealkylation sites (tertiary alicyclic amines) is 1. The van der Waals surface area contributed by atoms with Gasteiger partial charge in [-0.3, -0.25) is 0 Å². The van der Waals surface area contributed by atoms with Crippen LogP contribution in [-0.2, 0) is 6.42 Å². The molecule has 1 fully saturated rings. The molecule has 6 heteroatoms. The van der Waals surface area contributed by atoms with Gasteiger partial charge in [-0.15, -0.1) is 0 Å². The molecule has 0 radical (unpaired) electrons. The van der Waals surface area contributed by atoms with Gasteiger partial charge >= 0.3 is 6.03 Å². The van der Waals surface area contributed by atoms with Gasteiger partial charge < -0.3 is 10.2 Å². The van der Waals surface area contributed by atoms with Crippen molar-refractivity contribution in [2.75, 3.05) is 18.4 Å². The minimum Gasteiger partial charge on any atom is -0.324 e. The number of para-hydroxylation sites is 2. The van der Waals surface area contributed by atoms with Gasteiger partial charge in [-0.05, 0) is 42.2 Å². The number of nitrogens with one attached hydrogen (secondary N) is 1. The number of aromatic nitrogens is 2. The second kappa shape index (κ2) is 7.22. The average molecular weight is 367 g/mol. The summed E-state index contributed by atoms with van der Waals surface area (Å²) < 4.78 is 1.74. The van der Waals surface area contributed by atoms with Gasteiger partial charge in [0.2, 0.25) is 0 Å². The molecule has 1 saturated heterocycles. The van der Waals surface area contributed by atoms with Crippen LogP contribution >= 0.6 is 11.6 Å². The first-order valence-electron chi connectivity index (χ1n) is 8.59. The van der Waals surface area contributed by atoms with Crippen molar-refractivity contribution in [3.8, 4) is 5.69 Å². The van der Waals surface area contributed by atoms with Crippen LogP contribution in [0.4, 0.5) is 10.5 Å². The second-order valence-electron chi connectivity index (χ2n) is 6.46. The fourth-order valence-electron chi connectivity index (χ4n) is 3.22. The number of benzene rings is 2. The smallest absolute Gasteiger partial charge is 0.321 e. The molecule has 132 valence electrons. The molecule has 0 unspecified atom stereocenters. The van der Waals surface area contributed by atoms with Crippen LogP contribution in [0.25, 0.3) is 5.69 Å². The molecule has 1 aliphatic heterocycles. The molecular weight excluding hydrogens is 348 g/mol. The Balaban J connectivity index is 1.37. The molecule has 1 aliphatic rings. The van der Waals surface area contributed by atoms with E-state index in [9.17, 15) is 4.79 Å². The topological polar surface area (TPSA) is 50.2 Å². The summed E-state index contributed by atoms with van der Waals surface area (Å²) in [6, 6.07) is 17.3. The number of halogens is 1. The Kier molecular flexibility index (Phi) is 4.63. The average Bonchev–Trinajstić information content (AvgIpc) is 3.14. The molecule has 2 heterocycles. The number of urea groups is 1. The van der Waals surface area contributed by atoms with E-state index in [1.807, 2.05) is 65.7 Å². The zero-order valence-electron chi connectivity index (χ0n) is 14.2. The quantitative estimate of drug-likeness (QED) is 0.751. The van der Waals surface area contributed by atoms with Crippen LogP contribution in [0.5, 0.6) is 0 Å². The first-order chi connectivity index (χ1) is 12.7. The molecule has 4 rings (SSSR count). The van der Waals surface area contributed by atoms with Crippen molar-refractivity contribution in [3.63, 3.8) is 0 Å². The Morgan fingerprint density at radius 3 is 2.65 bits per heavy atom. The molecule has 5 nitrogen and oxygen atoms in total. The highest BCUT2D eigenvalue weighted by atomic mass is 35.5. The van der Waals surface area contributed by atoms with Gasteiger partial charge in [-0.1, -0.05) is 41.9 Å². The normalized spacial score (nSPS) is 14.1. The van der Waals surface area contributed by atoms with Crippen LogP contribution in [0.15, 0.2) is 67.0 Å². The highest BCUT2D eigenvalue weighted by Gasteiger charge is 2.31. The third-order valence-electron chi connectivity index (χ3n) is 4.61. The van der Waals surface area contributed by atoms with E-state index >= 15 is 0 Å². The number of amides is 2. The van der Waals surface area contributed by atoms with Crippen LogP contribution in [0.3, 0.4) is 0 Å². The molecule has 3 aromatic rings. The number of carbonyl (C=O) groups excluding carboxylic acids is 1. The fourth-order valence-corrected chi connectivity index (χ4v) is 3.44. The highest BCUT2D eigenvalue weighted by molar-refractivity contribution is 6.31. The minimum atomic E-state index is -0.0833. The standard InChI is InChI=1S/C20H19ClN4O/c21-17-7-2-1-6-16(17)12-15-13-24(14-15)20(26)23-18-8-3-4-9-19(18)25-11-5-10-22-25/h1-11,15H,12-14H2,(H,23,26). The summed E-state index contributed by atoms with van der Waals surface area (Å²) in [5, 5.41) is 8.03. The molecule has 0 atom stereocenters. The molecule has 0 aliphatic carbocycles. The van der Waals surface area contributed by atoms with Crippen molar-refractivity contribution in [1.29, 1.82) is 0 Å². The number of carbonyl (C=O) groups is 1. The lowest BCUT2D eigenvalue weighted by atomic mass is 9.92. The third-order valence-corrected chi connectivity index (χ3v) is 4.98. The molecule has 0 bridgehead atoms. The van der Waals surface area contributed by atoms with Gasteiger partial charge in [0, 0.05) is 30.5 Å². The first-order valence-corrected chi connectivity index (χ1v) is 8.97. The van der Waals surface area contributed by atoms with Crippen LogP contribution in [0.2, 0.25) is 5.02 Å². The number of hydrogen-bond acceptors (Lipinski definition) is 2. The van der Waals surface area contributed by atoms with Gasteiger partial charge in [0.15, 0.2) is 0 Å². The SMILES string of the molecule is O=C(Nc1ccccc1-n1cccn1)N1CC(Cc2ccccc2Cl)C1. The lowest BCUT2D eigenvalue weighted by Gasteiger charge is -2.39. The van der Waals surface area contributed by atoms with Crippen molar-refractivity contribution in [2.45, 2.75) is 6.42 Å². The molecule has 1 N–H and O–H groups in total. The largest absolute Gasteiger partial charge is 0.324 e. The molecule has 2 amide bonds. The van der Waals surface area contributed by atoms with Crippen molar-refractivity contribution >= 4 is 23.3 Å². The van der Waals surface area contributed by atoms with E-state index in [1.54, 1.807) is 10.9 Å². The number of anilines is 1. The van der Waals surface area contributed by atoms with E-state index in [1.165, 1.54) is 0 Å². The summed E-state index contributed by atoms with van der Waals surface area (Å²) in [5.74, 6) is 0.446. The summed E-state index contributed by atoms with van der Waals surface area (Å²) in [7, 11) is 0. The molecule has 0 spiro atoms. The monoisotopic (exact) mass is 366 g/mol. The van der Waals surface area contributed by atoms with Gasteiger partial charge in [0.05, 0.1) is 11.4 Å². The second-order valence-corrected chi connectivity index (χ2v) is 6.87. The van der Waals surface area contributed by atoms with E-state index in [0.29, 0.717) is 5.92 Å². The van der Waals surface area contributed by atoms with Crippen LogP contribution < -0.4 is 5.32 Å². The van der Waals surface area contributed by atoms with Gasteiger partial charge in [0.25, 0.3) is 0 Å². The van der Waals surface area contributed by atoms with Gasteiger partial charge in [-0.25, -0.2) is 9.48 Å². The third kappa shape index (κ3) is 3.44. The minimum absolute atomic E-state index is 0.0833. The molecular formula is C20H19ClN4O. The summed E-state index contributed by atoms with van der Waals surface area (Å²) in [4.78, 5) is 14.4. The molecule has 2 aromatic carbocycles. The zero-order valence-corrected chi connectivity index (χ0v) is 14.9. The number of hydrogen-bond donors (Lipinski definition) is 1. The van der Waals surface area contributed by atoms with E-state index in [2.05, 4.69) is 10.4 Å². The fraction of sp³-hybridized carbons (Fsp3) is 0.200. The van der Waals surface area contributed by atoms with Crippen LogP contribution in [0, 0.1) is 5.92 Å². The summed E-state index contributed by atoms with van der Waals surface area (Å²) in [6.07, 6.45) is 4.47. The number of nitrogens with zero attached hydrogens (tertiary/aromatic N) is 3. The molecule has 0 saturated carbocycles. The van der Waals surface area contributed by atoms with Gasteiger partial charge in [0.1, 0.15) is 0 Å². The van der Waals surface area contributed by atoms with Crippen molar-refractivity contribution < 1.29 is 4.79 Å². The maximum absolute atomic E-state index is 12.5.